The lowest BCUT2D eigenvalue weighted by Crippen LogP contribution is -2.51. The Morgan fingerprint density at radius 1 is 1.10 bits per heavy atom. The molecule has 0 radical (unpaired) electrons. The Balaban J connectivity index is 1.30. The van der Waals surface area contributed by atoms with Crippen molar-refractivity contribution in [2.75, 3.05) is 10.2 Å². The highest BCUT2D eigenvalue weighted by Crippen LogP contribution is 2.46. The van der Waals surface area contributed by atoms with Crippen molar-refractivity contribution in [2.45, 2.75) is 44.7 Å². The smallest absolute Gasteiger partial charge is 0.331 e. The van der Waals surface area contributed by atoms with Crippen LogP contribution in [0.4, 0.5) is 21.9 Å². The van der Waals surface area contributed by atoms with Gasteiger partial charge >= 0.3 is 6.03 Å². The number of aryl methyl sites for hydroxylation is 1. The summed E-state index contributed by atoms with van der Waals surface area (Å²) in [5.41, 5.74) is 3.09. The number of pyridine rings is 2. The van der Waals surface area contributed by atoms with Crippen LogP contribution < -0.4 is 25.6 Å². The fraction of sp³-hybridized carbons (Fsp3) is 0.226. The van der Waals surface area contributed by atoms with Crippen LogP contribution in [0, 0.1) is 6.92 Å². The number of thiophene rings is 1. The fourth-order valence-corrected chi connectivity index (χ4v) is 6.45. The first-order valence-corrected chi connectivity index (χ1v) is 14.4. The van der Waals surface area contributed by atoms with E-state index in [-0.39, 0.29) is 24.0 Å². The third-order valence-corrected chi connectivity index (χ3v) is 8.49. The summed E-state index contributed by atoms with van der Waals surface area (Å²) in [4.78, 5) is 39.0. The number of nitrogens with zero attached hydrogens (tertiary/aromatic N) is 3. The van der Waals surface area contributed by atoms with Crippen molar-refractivity contribution in [3.63, 3.8) is 0 Å². The highest BCUT2D eigenvalue weighted by atomic mass is 32.1. The number of urea groups is 1. The van der Waals surface area contributed by atoms with Crippen LogP contribution >= 0.6 is 11.3 Å². The molecule has 6 rings (SSSR count). The molecule has 1 saturated carbocycles. The van der Waals surface area contributed by atoms with Crippen LogP contribution in [0.5, 0.6) is 11.6 Å². The molecule has 208 valence electrons. The highest BCUT2D eigenvalue weighted by molar-refractivity contribution is 7.21. The van der Waals surface area contributed by atoms with E-state index in [0.29, 0.717) is 44.1 Å². The number of carbonyl (C=O) groups is 2. The van der Waals surface area contributed by atoms with Crippen LogP contribution in [-0.2, 0) is 0 Å². The summed E-state index contributed by atoms with van der Waals surface area (Å²) in [6, 6.07) is 14.3. The van der Waals surface area contributed by atoms with Gasteiger partial charge in [-0.1, -0.05) is 44.2 Å². The minimum Gasteiger partial charge on any atom is -0.439 e. The molecule has 10 heteroatoms. The van der Waals surface area contributed by atoms with Gasteiger partial charge in [-0.25, -0.2) is 14.8 Å². The number of carbonyl (C=O) groups excluding carboxylic acids is 2. The zero-order chi connectivity index (χ0) is 28.5. The molecule has 4 heterocycles. The van der Waals surface area contributed by atoms with Gasteiger partial charge in [-0.05, 0) is 50.1 Å². The molecule has 3 aromatic heterocycles. The first kappa shape index (κ1) is 26.5. The molecule has 9 nitrogen and oxygen atoms in total. The molecule has 3 amide bonds. The van der Waals surface area contributed by atoms with Gasteiger partial charge in [0, 0.05) is 30.0 Å². The second kappa shape index (κ2) is 11.1. The fourth-order valence-electron chi connectivity index (χ4n) is 5.42. The lowest BCUT2D eigenvalue weighted by molar-refractivity contribution is 0.0922. The normalized spacial score (nSPS) is 18.0. The van der Waals surface area contributed by atoms with E-state index >= 15 is 0 Å². The Morgan fingerprint density at radius 2 is 1.85 bits per heavy atom. The molecule has 0 bridgehead atoms. The van der Waals surface area contributed by atoms with E-state index in [2.05, 4.69) is 39.1 Å². The van der Waals surface area contributed by atoms with Crippen molar-refractivity contribution in [1.29, 1.82) is 0 Å². The predicted molar refractivity (Wildman–Crippen MR) is 162 cm³/mol. The molecule has 1 aliphatic heterocycles. The van der Waals surface area contributed by atoms with Crippen molar-refractivity contribution in [3.8, 4) is 11.6 Å². The van der Waals surface area contributed by atoms with Gasteiger partial charge in [0.15, 0.2) is 0 Å². The lowest BCUT2D eigenvalue weighted by Gasteiger charge is -2.33. The van der Waals surface area contributed by atoms with E-state index in [1.54, 1.807) is 29.3 Å². The zero-order valence-electron chi connectivity index (χ0n) is 22.6. The number of amides is 3. The number of rotatable bonds is 8. The van der Waals surface area contributed by atoms with Crippen LogP contribution in [0.15, 0.2) is 79.7 Å². The molecule has 4 aromatic rings. The Morgan fingerprint density at radius 3 is 2.59 bits per heavy atom. The van der Waals surface area contributed by atoms with Crippen LogP contribution in [0.1, 0.15) is 41.0 Å². The third kappa shape index (κ3) is 5.14. The van der Waals surface area contributed by atoms with Crippen LogP contribution in [-0.4, -0.2) is 34.0 Å². The predicted octanol–water partition coefficient (Wildman–Crippen LogP) is 6.81. The molecule has 41 heavy (non-hydrogen) atoms. The maximum Gasteiger partial charge on any atom is 0.331 e. The van der Waals surface area contributed by atoms with Gasteiger partial charge in [0.1, 0.15) is 15.5 Å². The Hall–Kier alpha value is -4.70. The lowest BCUT2D eigenvalue weighted by atomic mass is 9.90. The summed E-state index contributed by atoms with van der Waals surface area (Å²) >= 11 is 1.27. The van der Waals surface area contributed by atoms with Crippen molar-refractivity contribution >= 4 is 50.6 Å². The molecular weight excluding hydrogens is 536 g/mol. The molecular formula is C31H30N6O3S. The maximum absolute atomic E-state index is 13.6. The van der Waals surface area contributed by atoms with Crippen molar-refractivity contribution in [3.05, 3.63) is 90.2 Å². The van der Waals surface area contributed by atoms with E-state index < -0.39 is 0 Å². The van der Waals surface area contributed by atoms with E-state index in [0.717, 1.165) is 36.8 Å². The van der Waals surface area contributed by atoms with Gasteiger partial charge < -0.3 is 20.7 Å². The van der Waals surface area contributed by atoms with E-state index in [4.69, 9.17) is 4.74 Å². The first-order chi connectivity index (χ1) is 19.9. The van der Waals surface area contributed by atoms with Gasteiger partial charge in [0.2, 0.25) is 5.88 Å². The van der Waals surface area contributed by atoms with Gasteiger partial charge in [-0.3, -0.25) is 9.69 Å². The largest absolute Gasteiger partial charge is 0.439 e. The first-order valence-electron chi connectivity index (χ1n) is 13.5. The summed E-state index contributed by atoms with van der Waals surface area (Å²) < 4.78 is 5.87. The standard InChI is InChI=1S/C31H30N6O3S/c1-4-18(2)33-21-12-8-9-13-22(21)35-29(38)28-27-26-24(16-17-32-30(26)41-28)37(31(39)36-27)23-14-15-25(34-19(23)3)40-20-10-6-5-7-11-20/h4-7,10-11,14-17,21-22,33H,1-2,8-9,12-13H2,3H3,(H,35,38)(H,36,39)/t21-,22-/m1/s1. The van der Waals surface area contributed by atoms with Gasteiger partial charge in [-0.2, -0.15) is 0 Å². The minimum atomic E-state index is -0.376. The third-order valence-electron chi connectivity index (χ3n) is 7.39. The van der Waals surface area contributed by atoms with Crippen molar-refractivity contribution < 1.29 is 14.3 Å². The number of para-hydroxylation sites is 1. The monoisotopic (exact) mass is 566 g/mol. The molecule has 2 atom stereocenters. The van der Waals surface area contributed by atoms with Crippen LogP contribution in [0.25, 0.3) is 10.2 Å². The van der Waals surface area contributed by atoms with Crippen molar-refractivity contribution in [1.82, 2.24) is 20.6 Å². The zero-order valence-corrected chi connectivity index (χ0v) is 23.5. The molecule has 1 aromatic carbocycles. The SMILES string of the molecule is C=CC(=C)N[C@@H]1CCCC[C@H]1NC(=O)c1sc2nccc3c2c1NC(=O)N3c1ccc(Oc2ccccc2)nc1C. The summed E-state index contributed by atoms with van der Waals surface area (Å²) in [5, 5.41) is 10.3. The highest BCUT2D eigenvalue weighted by Gasteiger charge is 2.35. The molecule has 3 N–H and O–H groups in total. The number of benzene rings is 1. The van der Waals surface area contributed by atoms with Crippen molar-refractivity contribution in [2.24, 2.45) is 0 Å². The molecule has 0 spiro atoms. The quantitative estimate of drug-likeness (QED) is 0.202. The maximum atomic E-state index is 13.6. The van der Waals surface area contributed by atoms with E-state index in [1.807, 2.05) is 43.3 Å². The van der Waals surface area contributed by atoms with Gasteiger partial charge in [0.25, 0.3) is 5.91 Å². The summed E-state index contributed by atoms with van der Waals surface area (Å²) in [5.74, 6) is 0.872. The number of nitrogens with one attached hydrogen (secondary N) is 3. The van der Waals surface area contributed by atoms with Crippen LogP contribution in [0.3, 0.4) is 0 Å². The summed E-state index contributed by atoms with van der Waals surface area (Å²) in [6.45, 7) is 9.57. The van der Waals surface area contributed by atoms with Crippen LogP contribution in [0.2, 0.25) is 0 Å². The number of allylic oxidation sites excluding steroid dienone is 1. The average Bonchev–Trinajstić information content (AvgIpc) is 3.35. The molecule has 2 aliphatic rings. The van der Waals surface area contributed by atoms with E-state index in [1.165, 1.54) is 11.3 Å². The number of hydrogen-bond donors (Lipinski definition) is 3. The molecule has 0 unspecified atom stereocenters. The molecule has 1 fully saturated rings. The number of hydrogen-bond acceptors (Lipinski definition) is 7. The molecule has 0 saturated heterocycles. The summed E-state index contributed by atoms with van der Waals surface area (Å²) in [6.07, 6.45) is 7.23. The minimum absolute atomic E-state index is 0.0621. The Labute approximate surface area is 242 Å². The Kier molecular flexibility index (Phi) is 7.15. The van der Waals surface area contributed by atoms with Gasteiger partial charge in [0.05, 0.1) is 28.1 Å². The average molecular weight is 567 g/mol. The Bertz CT molecular complexity index is 1670. The second-order valence-corrected chi connectivity index (χ2v) is 11.1. The summed E-state index contributed by atoms with van der Waals surface area (Å²) in [7, 11) is 0. The number of anilines is 3. The number of aromatic nitrogens is 2. The topological polar surface area (TPSA) is 108 Å². The van der Waals surface area contributed by atoms with E-state index in [9.17, 15) is 9.59 Å². The second-order valence-electron chi connectivity index (χ2n) is 10.1. The van der Waals surface area contributed by atoms with Gasteiger partial charge in [-0.15, -0.1) is 11.3 Å². The molecule has 1 aliphatic carbocycles. The number of ether oxygens (including phenoxy) is 1.